The summed E-state index contributed by atoms with van der Waals surface area (Å²) in [5.41, 5.74) is 0. The number of nitrogens with zero attached hydrogens (tertiary/aromatic N) is 2. The molecule has 0 aromatic carbocycles. The third-order valence-electron chi connectivity index (χ3n) is 5.27. The average molecular weight is 218 g/mol. The third kappa shape index (κ3) is 1.15. The Morgan fingerprint density at radius 3 is 2.50 bits per heavy atom. The molecule has 3 heterocycles. The zero-order chi connectivity index (χ0) is 10.7. The van der Waals surface area contributed by atoms with Crippen LogP contribution in [-0.2, 0) is 4.84 Å². The number of nitriles is 1. The second kappa shape index (κ2) is 3.21. The maximum atomic E-state index is 9.24. The van der Waals surface area contributed by atoms with Gasteiger partial charge < -0.3 is 0 Å². The lowest BCUT2D eigenvalue weighted by molar-refractivity contribution is -0.167. The van der Waals surface area contributed by atoms with Gasteiger partial charge in [-0.1, -0.05) is 0 Å². The van der Waals surface area contributed by atoms with E-state index in [9.17, 15) is 5.26 Å². The summed E-state index contributed by atoms with van der Waals surface area (Å²) in [7, 11) is 0. The van der Waals surface area contributed by atoms with E-state index < -0.39 is 0 Å². The minimum atomic E-state index is 0.128. The standard InChI is InChI=1S/C13H18N2O/c14-6-11-7-16-15-12-4-8-1-9(5-12)3-10(2-8)13(11)15/h8-13H,1-5,7H2/t8?,9?,10?,11-,12?,13+/m1/s1. The van der Waals surface area contributed by atoms with Crippen molar-refractivity contribution in [3.63, 3.8) is 0 Å². The summed E-state index contributed by atoms with van der Waals surface area (Å²) in [5.74, 6) is 2.72. The topological polar surface area (TPSA) is 36.3 Å². The van der Waals surface area contributed by atoms with E-state index in [-0.39, 0.29) is 5.92 Å². The van der Waals surface area contributed by atoms with Crippen LogP contribution >= 0.6 is 0 Å². The van der Waals surface area contributed by atoms with Crippen LogP contribution in [0.3, 0.4) is 0 Å². The Hall–Kier alpha value is -0.590. The van der Waals surface area contributed by atoms with Gasteiger partial charge in [0.05, 0.1) is 24.6 Å². The van der Waals surface area contributed by atoms with Crippen LogP contribution in [0.25, 0.3) is 0 Å². The van der Waals surface area contributed by atoms with Crippen LogP contribution in [-0.4, -0.2) is 23.8 Å². The monoisotopic (exact) mass is 218 g/mol. The van der Waals surface area contributed by atoms with Crippen molar-refractivity contribution in [1.82, 2.24) is 5.06 Å². The smallest absolute Gasteiger partial charge is 0.0898 e. The van der Waals surface area contributed by atoms with E-state index in [0.717, 1.165) is 17.8 Å². The summed E-state index contributed by atoms with van der Waals surface area (Å²) in [6.07, 6.45) is 6.81. The molecule has 3 heteroatoms. The first-order valence-electron chi connectivity index (χ1n) is 6.66. The maximum Gasteiger partial charge on any atom is 0.0898 e. The Bertz CT molecular complexity index is 336. The van der Waals surface area contributed by atoms with Crippen LogP contribution in [0.1, 0.15) is 32.1 Å². The highest BCUT2D eigenvalue weighted by atomic mass is 16.7. The van der Waals surface area contributed by atoms with E-state index in [4.69, 9.17) is 4.84 Å². The van der Waals surface area contributed by atoms with Gasteiger partial charge in [-0.3, -0.25) is 4.84 Å². The van der Waals surface area contributed by atoms with Crippen LogP contribution in [0.5, 0.6) is 0 Å². The first kappa shape index (κ1) is 9.44. The molecule has 0 aromatic rings. The van der Waals surface area contributed by atoms with E-state index in [1.165, 1.54) is 32.1 Å². The molecule has 2 unspecified atom stereocenters. The largest absolute Gasteiger partial charge is 0.297 e. The first-order chi connectivity index (χ1) is 7.85. The molecule has 3 aliphatic heterocycles. The molecule has 0 aromatic heterocycles. The van der Waals surface area contributed by atoms with E-state index in [2.05, 4.69) is 11.1 Å². The van der Waals surface area contributed by atoms with Gasteiger partial charge in [0.1, 0.15) is 0 Å². The Morgan fingerprint density at radius 1 is 1.06 bits per heavy atom. The van der Waals surface area contributed by atoms with Crippen LogP contribution in [0.4, 0.5) is 0 Å². The quantitative estimate of drug-likeness (QED) is 0.623. The molecule has 0 spiro atoms. The molecule has 0 N–H and O–H groups in total. The molecular weight excluding hydrogens is 200 g/mol. The van der Waals surface area contributed by atoms with Crippen molar-refractivity contribution in [2.45, 2.75) is 44.2 Å². The van der Waals surface area contributed by atoms with Crippen molar-refractivity contribution in [1.29, 1.82) is 5.26 Å². The van der Waals surface area contributed by atoms with Crippen LogP contribution in [0.2, 0.25) is 0 Å². The van der Waals surface area contributed by atoms with Crippen molar-refractivity contribution in [3.05, 3.63) is 0 Å². The van der Waals surface area contributed by atoms with Crippen molar-refractivity contribution in [2.75, 3.05) is 6.61 Å². The summed E-state index contributed by atoms with van der Waals surface area (Å²) < 4.78 is 0. The summed E-state index contributed by atoms with van der Waals surface area (Å²) >= 11 is 0. The van der Waals surface area contributed by atoms with E-state index in [1.807, 2.05) is 0 Å². The van der Waals surface area contributed by atoms with Gasteiger partial charge in [-0.2, -0.15) is 10.3 Å². The lowest BCUT2D eigenvalue weighted by Crippen LogP contribution is -2.40. The Morgan fingerprint density at radius 2 is 1.81 bits per heavy atom. The van der Waals surface area contributed by atoms with Gasteiger partial charge in [0.25, 0.3) is 0 Å². The molecule has 4 atom stereocenters. The van der Waals surface area contributed by atoms with Crippen molar-refractivity contribution >= 4 is 0 Å². The van der Waals surface area contributed by atoms with Crippen molar-refractivity contribution < 1.29 is 4.84 Å². The zero-order valence-corrected chi connectivity index (χ0v) is 9.51. The van der Waals surface area contributed by atoms with Crippen molar-refractivity contribution in [2.24, 2.45) is 23.7 Å². The molecule has 3 nitrogen and oxygen atoms in total. The fraction of sp³-hybridized carbons (Fsp3) is 0.923. The Labute approximate surface area is 96.3 Å². The van der Waals surface area contributed by atoms with Gasteiger partial charge in [0.2, 0.25) is 0 Å². The van der Waals surface area contributed by atoms with Gasteiger partial charge in [-0.15, -0.1) is 0 Å². The first-order valence-corrected chi connectivity index (χ1v) is 6.66. The number of hydroxylamine groups is 2. The molecule has 5 rings (SSSR count). The lowest BCUT2D eigenvalue weighted by Gasteiger charge is -2.38. The van der Waals surface area contributed by atoms with Gasteiger partial charge in [-0.05, 0) is 49.9 Å². The molecule has 5 fully saturated rings. The van der Waals surface area contributed by atoms with Gasteiger partial charge in [-0.25, -0.2) is 0 Å². The third-order valence-corrected chi connectivity index (χ3v) is 5.27. The molecule has 5 aliphatic rings. The molecule has 2 aliphatic carbocycles. The van der Waals surface area contributed by atoms with E-state index in [0.29, 0.717) is 18.7 Å². The summed E-state index contributed by atoms with van der Waals surface area (Å²) in [6, 6.07) is 3.51. The fourth-order valence-electron chi connectivity index (χ4n) is 4.88. The molecule has 0 amide bonds. The fourth-order valence-corrected chi connectivity index (χ4v) is 4.88. The van der Waals surface area contributed by atoms with Crippen LogP contribution in [0.15, 0.2) is 0 Å². The second-order valence-corrected chi connectivity index (χ2v) is 6.21. The highest BCUT2D eigenvalue weighted by molar-refractivity contribution is 5.06. The summed E-state index contributed by atoms with van der Waals surface area (Å²) in [4.78, 5) is 5.83. The normalized spacial score (nSPS) is 54.7. The molecule has 4 bridgehead atoms. The maximum absolute atomic E-state index is 9.24. The second-order valence-electron chi connectivity index (χ2n) is 6.21. The van der Waals surface area contributed by atoms with Gasteiger partial charge in [0.15, 0.2) is 0 Å². The molecule has 86 valence electrons. The number of hydrogen-bond donors (Lipinski definition) is 0. The SMILES string of the molecule is N#C[C@@H]1CON2C3CC4CC(CC(C4)[C@@H]12)C3. The van der Waals surface area contributed by atoms with Gasteiger partial charge in [0, 0.05) is 6.04 Å². The van der Waals surface area contributed by atoms with E-state index in [1.54, 1.807) is 0 Å². The van der Waals surface area contributed by atoms with Gasteiger partial charge >= 0.3 is 0 Å². The van der Waals surface area contributed by atoms with Crippen LogP contribution < -0.4 is 0 Å². The highest BCUT2D eigenvalue weighted by Gasteiger charge is 2.53. The predicted molar refractivity (Wildman–Crippen MR) is 58.0 cm³/mol. The minimum Gasteiger partial charge on any atom is -0.297 e. The molecule has 0 radical (unpaired) electrons. The summed E-state index contributed by atoms with van der Waals surface area (Å²) in [5, 5.41) is 11.5. The number of hydrogen-bond acceptors (Lipinski definition) is 3. The molecule has 3 saturated heterocycles. The van der Waals surface area contributed by atoms with Crippen molar-refractivity contribution in [3.8, 4) is 6.07 Å². The van der Waals surface area contributed by atoms with Crippen LogP contribution in [0, 0.1) is 35.0 Å². The van der Waals surface area contributed by atoms with E-state index >= 15 is 0 Å². The lowest BCUT2D eigenvalue weighted by atomic mass is 9.66. The Balaban J connectivity index is 1.73. The molecule has 2 saturated carbocycles. The summed E-state index contributed by atoms with van der Waals surface area (Å²) in [6.45, 7) is 0.642. The zero-order valence-electron chi connectivity index (χ0n) is 9.51. The molecular formula is C13H18N2O. The molecule has 16 heavy (non-hydrogen) atoms. The number of rotatable bonds is 0. The highest BCUT2D eigenvalue weighted by Crippen LogP contribution is 2.52. The minimum absolute atomic E-state index is 0.128. The Kier molecular flexibility index (Phi) is 1.89. The predicted octanol–water partition coefficient (Wildman–Crippen LogP) is 1.95. The average Bonchev–Trinajstić information content (AvgIpc) is 2.63.